The molecule has 0 saturated heterocycles. The van der Waals surface area contributed by atoms with Crippen LogP contribution in [0.1, 0.15) is 49.0 Å². The molecule has 4 heteroatoms. The van der Waals surface area contributed by atoms with Crippen molar-refractivity contribution in [2.75, 3.05) is 0 Å². The Morgan fingerprint density at radius 3 is 2.74 bits per heavy atom. The van der Waals surface area contributed by atoms with E-state index in [0.29, 0.717) is 5.89 Å². The molecule has 0 spiro atoms. The highest BCUT2D eigenvalue weighted by atomic mass is 16.5. The lowest BCUT2D eigenvalue weighted by Crippen LogP contribution is -2.17. The van der Waals surface area contributed by atoms with E-state index < -0.39 is 0 Å². The molecule has 1 saturated carbocycles. The summed E-state index contributed by atoms with van der Waals surface area (Å²) >= 11 is 0. The Morgan fingerprint density at radius 1 is 1.32 bits per heavy atom. The SMILES string of the molecule is CC(c1nc(CC2CC2)no1)C(N)c1ccccc1. The molecule has 0 aliphatic heterocycles. The normalized spacial score (nSPS) is 18.2. The van der Waals surface area contributed by atoms with Crippen LogP contribution in [0.4, 0.5) is 0 Å². The van der Waals surface area contributed by atoms with Crippen molar-refractivity contribution in [3.8, 4) is 0 Å². The van der Waals surface area contributed by atoms with E-state index in [9.17, 15) is 0 Å². The predicted octanol–water partition coefficient (Wildman–Crippen LogP) is 2.83. The molecule has 1 aromatic carbocycles. The minimum atomic E-state index is -0.115. The molecule has 19 heavy (non-hydrogen) atoms. The fourth-order valence-electron chi connectivity index (χ4n) is 2.23. The molecule has 100 valence electrons. The fraction of sp³-hybridized carbons (Fsp3) is 0.467. The van der Waals surface area contributed by atoms with Crippen LogP contribution in [0, 0.1) is 5.92 Å². The second-order valence-electron chi connectivity index (χ2n) is 5.42. The first kappa shape index (κ1) is 12.4. The number of benzene rings is 1. The molecule has 0 bridgehead atoms. The van der Waals surface area contributed by atoms with Gasteiger partial charge in [0, 0.05) is 12.5 Å². The van der Waals surface area contributed by atoms with Gasteiger partial charge in [0.2, 0.25) is 5.89 Å². The van der Waals surface area contributed by atoms with Gasteiger partial charge in [-0.2, -0.15) is 4.98 Å². The van der Waals surface area contributed by atoms with Crippen molar-refractivity contribution in [1.82, 2.24) is 10.1 Å². The second-order valence-corrected chi connectivity index (χ2v) is 5.42. The average molecular weight is 257 g/mol. The average Bonchev–Trinajstić information content (AvgIpc) is 3.14. The Labute approximate surface area is 113 Å². The molecule has 2 N–H and O–H groups in total. The van der Waals surface area contributed by atoms with Crippen LogP contribution in [0.2, 0.25) is 0 Å². The van der Waals surface area contributed by atoms with Crippen molar-refractivity contribution in [3.63, 3.8) is 0 Å². The highest BCUT2D eigenvalue weighted by Gasteiger charge is 2.26. The lowest BCUT2D eigenvalue weighted by atomic mass is 9.95. The van der Waals surface area contributed by atoms with E-state index in [4.69, 9.17) is 10.3 Å². The Bertz CT molecular complexity index is 533. The van der Waals surface area contributed by atoms with Crippen molar-refractivity contribution in [3.05, 3.63) is 47.6 Å². The zero-order chi connectivity index (χ0) is 13.2. The molecule has 1 heterocycles. The summed E-state index contributed by atoms with van der Waals surface area (Å²) in [6, 6.07) is 9.92. The topological polar surface area (TPSA) is 64.9 Å². The molecule has 1 aromatic heterocycles. The van der Waals surface area contributed by atoms with Gasteiger partial charge in [0.25, 0.3) is 0 Å². The molecular weight excluding hydrogens is 238 g/mol. The van der Waals surface area contributed by atoms with E-state index in [-0.39, 0.29) is 12.0 Å². The number of aromatic nitrogens is 2. The largest absolute Gasteiger partial charge is 0.339 e. The maximum atomic E-state index is 6.27. The third-order valence-electron chi connectivity index (χ3n) is 3.76. The van der Waals surface area contributed by atoms with Gasteiger partial charge in [-0.05, 0) is 24.3 Å². The van der Waals surface area contributed by atoms with E-state index >= 15 is 0 Å². The minimum absolute atomic E-state index is 0.0304. The summed E-state index contributed by atoms with van der Waals surface area (Å²) in [7, 11) is 0. The van der Waals surface area contributed by atoms with Crippen LogP contribution in [0.5, 0.6) is 0 Å². The standard InChI is InChI=1S/C15H19N3O/c1-10(14(16)12-5-3-2-4-6-12)15-17-13(18-19-15)9-11-7-8-11/h2-6,10-11,14H,7-9,16H2,1H3. The third-order valence-corrected chi connectivity index (χ3v) is 3.76. The summed E-state index contributed by atoms with van der Waals surface area (Å²) in [6.45, 7) is 2.03. The number of nitrogens with two attached hydrogens (primary N) is 1. The van der Waals surface area contributed by atoms with E-state index in [1.807, 2.05) is 37.3 Å². The van der Waals surface area contributed by atoms with Crippen LogP contribution in [0.3, 0.4) is 0 Å². The van der Waals surface area contributed by atoms with Crippen LogP contribution >= 0.6 is 0 Å². The lowest BCUT2D eigenvalue weighted by Gasteiger charge is -2.16. The van der Waals surface area contributed by atoms with Gasteiger partial charge in [-0.25, -0.2) is 0 Å². The molecule has 2 unspecified atom stereocenters. The van der Waals surface area contributed by atoms with Crippen molar-refractivity contribution in [2.24, 2.45) is 11.7 Å². The molecule has 2 aromatic rings. The Kier molecular flexibility index (Phi) is 3.34. The van der Waals surface area contributed by atoms with Crippen LogP contribution in [-0.4, -0.2) is 10.1 Å². The first-order valence-corrected chi connectivity index (χ1v) is 6.87. The molecule has 1 fully saturated rings. The van der Waals surface area contributed by atoms with Crippen LogP contribution < -0.4 is 5.73 Å². The van der Waals surface area contributed by atoms with Gasteiger partial charge in [0.05, 0.1) is 5.92 Å². The van der Waals surface area contributed by atoms with Crippen LogP contribution in [0.15, 0.2) is 34.9 Å². The smallest absolute Gasteiger partial charge is 0.231 e. The molecule has 0 radical (unpaired) electrons. The van der Waals surface area contributed by atoms with Crippen LogP contribution in [0.25, 0.3) is 0 Å². The number of rotatable bonds is 5. The summed E-state index contributed by atoms with van der Waals surface area (Å²) < 4.78 is 5.36. The zero-order valence-corrected chi connectivity index (χ0v) is 11.1. The maximum absolute atomic E-state index is 6.27. The van der Waals surface area contributed by atoms with Gasteiger partial charge in [-0.3, -0.25) is 0 Å². The highest BCUT2D eigenvalue weighted by molar-refractivity contribution is 5.21. The lowest BCUT2D eigenvalue weighted by molar-refractivity contribution is 0.339. The van der Waals surface area contributed by atoms with E-state index in [1.165, 1.54) is 12.8 Å². The molecule has 0 amide bonds. The van der Waals surface area contributed by atoms with Gasteiger partial charge in [0.1, 0.15) is 0 Å². The Morgan fingerprint density at radius 2 is 2.05 bits per heavy atom. The summed E-state index contributed by atoms with van der Waals surface area (Å²) in [5.74, 6) is 2.27. The molecule has 2 atom stereocenters. The van der Waals surface area contributed by atoms with Crippen LogP contribution in [-0.2, 0) is 6.42 Å². The Balaban J connectivity index is 1.71. The molecule has 1 aliphatic carbocycles. The maximum Gasteiger partial charge on any atom is 0.231 e. The molecule has 4 nitrogen and oxygen atoms in total. The van der Waals surface area contributed by atoms with E-state index in [1.54, 1.807) is 0 Å². The predicted molar refractivity (Wildman–Crippen MR) is 72.5 cm³/mol. The first-order valence-electron chi connectivity index (χ1n) is 6.87. The van der Waals surface area contributed by atoms with Crippen molar-refractivity contribution < 1.29 is 4.52 Å². The molecular formula is C15H19N3O. The van der Waals surface area contributed by atoms with Gasteiger partial charge in [-0.1, -0.05) is 42.4 Å². The zero-order valence-electron chi connectivity index (χ0n) is 11.1. The summed E-state index contributed by atoms with van der Waals surface area (Å²) in [5, 5.41) is 4.05. The van der Waals surface area contributed by atoms with E-state index in [2.05, 4.69) is 10.1 Å². The Hall–Kier alpha value is -1.68. The molecule has 1 aliphatic rings. The second kappa shape index (κ2) is 5.13. The number of nitrogens with zero attached hydrogens (tertiary/aromatic N) is 2. The van der Waals surface area contributed by atoms with E-state index in [0.717, 1.165) is 23.7 Å². The molecule has 3 rings (SSSR count). The quantitative estimate of drug-likeness (QED) is 0.894. The number of hydrogen-bond donors (Lipinski definition) is 1. The first-order chi connectivity index (χ1) is 9.24. The minimum Gasteiger partial charge on any atom is -0.339 e. The fourth-order valence-corrected chi connectivity index (χ4v) is 2.23. The van der Waals surface area contributed by atoms with Gasteiger partial charge >= 0.3 is 0 Å². The monoisotopic (exact) mass is 257 g/mol. The van der Waals surface area contributed by atoms with Crippen molar-refractivity contribution in [2.45, 2.75) is 38.1 Å². The summed E-state index contributed by atoms with van der Waals surface area (Å²) in [5.41, 5.74) is 7.36. The van der Waals surface area contributed by atoms with Crippen molar-refractivity contribution in [1.29, 1.82) is 0 Å². The van der Waals surface area contributed by atoms with Gasteiger partial charge in [0.15, 0.2) is 5.82 Å². The summed E-state index contributed by atoms with van der Waals surface area (Å²) in [6.07, 6.45) is 3.53. The van der Waals surface area contributed by atoms with Gasteiger partial charge in [-0.15, -0.1) is 0 Å². The number of hydrogen-bond acceptors (Lipinski definition) is 4. The highest BCUT2D eigenvalue weighted by Crippen LogP contribution is 2.33. The van der Waals surface area contributed by atoms with Gasteiger partial charge < -0.3 is 10.3 Å². The summed E-state index contributed by atoms with van der Waals surface area (Å²) in [4.78, 5) is 4.48. The van der Waals surface area contributed by atoms with Crippen molar-refractivity contribution >= 4 is 0 Å². The third kappa shape index (κ3) is 2.84.